The summed E-state index contributed by atoms with van der Waals surface area (Å²) in [6.07, 6.45) is 0. The normalized spacial score (nSPS) is 12.2. The number of nitrogens with zero attached hydrogens (tertiary/aromatic N) is 2. The van der Waals surface area contributed by atoms with Gasteiger partial charge in [-0.05, 0) is 24.6 Å². The van der Waals surface area contributed by atoms with Crippen molar-refractivity contribution in [3.63, 3.8) is 0 Å². The summed E-state index contributed by atoms with van der Waals surface area (Å²) in [6.45, 7) is 2.89. The van der Waals surface area contributed by atoms with Crippen LogP contribution < -0.4 is 15.0 Å². The van der Waals surface area contributed by atoms with Crippen molar-refractivity contribution in [3.05, 3.63) is 39.2 Å². The number of hydrogen-bond acceptors (Lipinski definition) is 5. The maximum absolute atomic E-state index is 5.36. The second-order valence-corrected chi connectivity index (χ2v) is 6.96. The lowest BCUT2D eigenvalue weighted by atomic mass is 10.1. The summed E-state index contributed by atoms with van der Waals surface area (Å²) < 4.78 is 6.45. The standard InChI is InChI=1S/C15H20BrN3OS/c1-10(11-6-5-7-12(16)8-11)17-9-13-14(20-4)18-15(21-13)19(2)3/h5-8,10,17H,9H2,1-4H3. The number of ether oxygens (including phenoxy) is 1. The molecule has 0 aliphatic heterocycles. The lowest BCUT2D eigenvalue weighted by molar-refractivity contribution is 0.393. The molecule has 0 aliphatic carbocycles. The number of anilines is 1. The van der Waals surface area contributed by atoms with E-state index in [2.05, 4.69) is 51.4 Å². The van der Waals surface area contributed by atoms with E-state index in [4.69, 9.17) is 4.74 Å². The van der Waals surface area contributed by atoms with Crippen LogP contribution >= 0.6 is 27.3 Å². The third-order valence-corrected chi connectivity index (χ3v) is 4.84. The molecule has 0 saturated carbocycles. The number of methoxy groups -OCH3 is 1. The second kappa shape index (κ2) is 7.24. The van der Waals surface area contributed by atoms with Gasteiger partial charge in [-0.3, -0.25) is 0 Å². The second-order valence-electron chi connectivity index (χ2n) is 4.98. The van der Waals surface area contributed by atoms with Crippen molar-refractivity contribution in [1.82, 2.24) is 10.3 Å². The summed E-state index contributed by atoms with van der Waals surface area (Å²) in [7, 11) is 5.63. The fourth-order valence-corrected chi connectivity index (χ4v) is 3.25. The van der Waals surface area contributed by atoms with Gasteiger partial charge in [0.05, 0.1) is 12.0 Å². The van der Waals surface area contributed by atoms with Gasteiger partial charge in [0, 0.05) is 31.2 Å². The summed E-state index contributed by atoms with van der Waals surface area (Å²) >= 11 is 5.16. The third-order valence-electron chi connectivity index (χ3n) is 3.14. The molecule has 1 aromatic carbocycles. The van der Waals surface area contributed by atoms with Crippen LogP contribution in [0.2, 0.25) is 0 Å². The smallest absolute Gasteiger partial charge is 0.230 e. The molecular formula is C15H20BrN3OS. The Balaban J connectivity index is 2.05. The van der Waals surface area contributed by atoms with E-state index in [1.54, 1.807) is 18.4 Å². The Kier molecular flexibility index (Phi) is 5.61. The molecule has 2 rings (SSSR count). The average molecular weight is 370 g/mol. The maximum atomic E-state index is 5.36. The fourth-order valence-electron chi connectivity index (χ4n) is 1.93. The quantitative estimate of drug-likeness (QED) is 0.839. The first kappa shape index (κ1) is 16.3. The molecular weight excluding hydrogens is 350 g/mol. The third kappa shape index (κ3) is 4.18. The summed E-state index contributed by atoms with van der Waals surface area (Å²) in [5, 5.41) is 4.48. The number of benzene rings is 1. The van der Waals surface area contributed by atoms with E-state index in [0.29, 0.717) is 5.88 Å². The first-order chi connectivity index (χ1) is 10.0. The van der Waals surface area contributed by atoms with Gasteiger partial charge >= 0.3 is 0 Å². The van der Waals surface area contributed by atoms with Crippen molar-refractivity contribution < 1.29 is 4.74 Å². The molecule has 0 radical (unpaired) electrons. The maximum Gasteiger partial charge on any atom is 0.230 e. The monoisotopic (exact) mass is 369 g/mol. The molecule has 1 atom stereocenters. The predicted molar refractivity (Wildman–Crippen MR) is 92.4 cm³/mol. The first-order valence-corrected chi connectivity index (χ1v) is 8.32. The molecule has 0 bridgehead atoms. The minimum Gasteiger partial charge on any atom is -0.480 e. The number of halogens is 1. The van der Waals surface area contributed by atoms with Crippen LogP contribution in [0.25, 0.3) is 0 Å². The SMILES string of the molecule is COc1nc(N(C)C)sc1CNC(C)c1cccc(Br)c1. The van der Waals surface area contributed by atoms with E-state index in [0.717, 1.165) is 21.0 Å². The van der Waals surface area contributed by atoms with Crippen LogP contribution in [0.15, 0.2) is 28.7 Å². The minimum atomic E-state index is 0.261. The summed E-state index contributed by atoms with van der Waals surface area (Å²) in [4.78, 5) is 7.58. The highest BCUT2D eigenvalue weighted by molar-refractivity contribution is 9.10. The Hall–Kier alpha value is -1.11. The molecule has 1 aromatic heterocycles. The van der Waals surface area contributed by atoms with Crippen molar-refractivity contribution in [1.29, 1.82) is 0 Å². The van der Waals surface area contributed by atoms with Gasteiger partial charge in [0.2, 0.25) is 5.88 Å². The Labute approximate surface area is 138 Å². The summed E-state index contributed by atoms with van der Waals surface area (Å²) in [5.74, 6) is 0.706. The van der Waals surface area contributed by atoms with Crippen LogP contribution in [0.1, 0.15) is 23.4 Å². The molecule has 1 unspecified atom stereocenters. The van der Waals surface area contributed by atoms with Gasteiger partial charge in [-0.2, -0.15) is 4.98 Å². The number of aromatic nitrogens is 1. The summed E-state index contributed by atoms with van der Waals surface area (Å²) in [5.41, 5.74) is 1.25. The molecule has 0 fully saturated rings. The number of rotatable bonds is 6. The molecule has 0 spiro atoms. The summed E-state index contributed by atoms with van der Waals surface area (Å²) in [6, 6.07) is 8.60. The molecule has 6 heteroatoms. The van der Waals surface area contributed by atoms with Crippen molar-refractivity contribution >= 4 is 32.4 Å². The van der Waals surface area contributed by atoms with Gasteiger partial charge in [0.1, 0.15) is 0 Å². The molecule has 0 aliphatic rings. The molecule has 4 nitrogen and oxygen atoms in total. The van der Waals surface area contributed by atoms with E-state index >= 15 is 0 Å². The van der Waals surface area contributed by atoms with Crippen molar-refractivity contribution in [2.45, 2.75) is 19.5 Å². The first-order valence-electron chi connectivity index (χ1n) is 6.71. The zero-order valence-electron chi connectivity index (χ0n) is 12.7. The van der Waals surface area contributed by atoms with Gasteiger partial charge < -0.3 is 15.0 Å². The van der Waals surface area contributed by atoms with Crippen molar-refractivity contribution in [3.8, 4) is 5.88 Å². The molecule has 1 heterocycles. The predicted octanol–water partition coefficient (Wildman–Crippen LogP) is 3.83. The molecule has 2 aromatic rings. The van der Waals surface area contributed by atoms with E-state index < -0.39 is 0 Å². The van der Waals surface area contributed by atoms with Gasteiger partial charge in [0.15, 0.2) is 5.13 Å². The highest BCUT2D eigenvalue weighted by Gasteiger charge is 2.14. The minimum absolute atomic E-state index is 0.261. The van der Waals surface area contributed by atoms with E-state index in [1.807, 2.05) is 25.1 Å². The molecule has 114 valence electrons. The van der Waals surface area contributed by atoms with Crippen molar-refractivity contribution in [2.24, 2.45) is 0 Å². The Bertz CT molecular complexity index is 600. The van der Waals surface area contributed by atoms with Crippen LogP contribution in [-0.4, -0.2) is 26.2 Å². The zero-order valence-corrected chi connectivity index (χ0v) is 15.1. The Morgan fingerprint density at radius 2 is 2.19 bits per heavy atom. The van der Waals surface area contributed by atoms with Crippen LogP contribution in [-0.2, 0) is 6.54 Å². The van der Waals surface area contributed by atoms with Crippen molar-refractivity contribution in [2.75, 3.05) is 26.1 Å². The van der Waals surface area contributed by atoms with E-state index in [1.165, 1.54) is 5.56 Å². The van der Waals surface area contributed by atoms with Gasteiger partial charge in [0.25, 0.3) is 0 Å². The molecule has 0 saturated heterocycles. The molecule has 0 amide bonds. The Morgan fingerprint density at radius 3 is 2.81 bits per heavy atom. The van der Waals surface area contributed by atoms with E-state index in [9.17, 15) is 0 Å². The van der Waals surface area contributed by atoms with Crippen LogP contribution in [0, 0.1) is 0 Å². The average Bonchev–Trinajstić information content (AvgIpc) is 2.88. The number of hydrogen-bond donors (Lipinski definition) is 1. The van der Waals surface area contributed by atoms with Crippen LogP contribution in [0.3, 0.4) is 0 Å². The lowest BCUT2D eigenvalue weighted by Crippen LogP contribution is -2.17. The lowest BCUT2D eigenvalue weighted by Gasteiger charge is -2.14. The largest absolute Gasteiger partial charge is 0.480 e. The highest BCUT2D eigenvalue weighted by Crippen LogP contribution is 2.30. The fraction of sp³-hybridized carbons (Fsp3) is 0.400. The van der Waals surface area contributed by atoms with Gasteiger partial charge in [-0.1, -0.05) is 39.4 Å². The zero-order chi connectivity index (χ0) is 15.4. The highest BCUT2D eigenvalue weighted by atomic mass is 79.9. The van der Waals surface area contributed by atoms with E-state index in [-0.39, 0.29) is 6.04 Å². The van der Waals surface area contributed by atoms with Gasteiger partial charge in [-0.25, -0.2) is 0 Å². The van der Waals surface area contributed by atoms with Crippen LogP contribution in [0.4, 0.5) is 5.13 Å². The molecule has 21 heavy (non-hydrogen) atoms. The Morgan fingerprint density at radius 1 is 1.43 bits per heavy atom. The topological polar surface area (TPSA) is 37.4 Å². The number of nitrogens with one attached hydrogen (secondary N) is 1. The molecule has 1 N–H and O–H groups in total. The van der Waals surface area contributed by atoms with Crippen LogP contribution in [0.5, 0.6) is 5.88 Å². The number of thiazole rings is 1. The van der Waals surface area contributed by atoms with Gasteiger partial charge in [-0.15, -0.1) is 0 Å².